The van der Waals surface area contributed by atoms with Crippen LogP contribution in [0.4, 0.5) is 5.69 Å². The van der Waals surface area contributed by atoms with E-state index in [0.29, 0.717) is 17.2 Å². The molecule has 1 fully saturated rings. The van der Waals surface area contributed by atoms with Gasteiger partial charge < -0.3 is 10.4 Å². The number of phenolic OH excluding ortho intramolecular Hbond substituents is 1. The molecule has 1 aliphatic carbocycles. The molecule has 1 aromatic carbocycles. The van der Waals surface area contributed by atoms with Crippen LogP contribution in [-0.2, 0) is 4.79 Å². The summed E-state index contributed by atoms with van der Waals surface area (Å²) in [6.45, 7) is 5.73. The lowest BCUT2D eigenvalue weighted by Gasteiger charge is -2.15. The van der Waals surface area contributed by atoms with Gasteiger partial charge in [0.25, 0.3) is 0 Å². The molecule has 3 rings (SSSR count). The molecule has 128 valence electrons. The Kier molecular flexibility index (Phi) is 4.60. The molecule has 0 spiro atoms. The van der Waals surface area contributed by atoms with Gasteiger partial charge in [-0.2, -0.15) is 5.10 Å². The van der Waals surface area contributed by atoms with E-state index in [2.05, 4.69) is 29.9 Å². The Labute approximate surface area is 142 Å². The van der Waals surface area contributed by atoms with Gasteiger partial charge in [0.05, 0.1) is 5.69 Å². The van der Waals surface area contributed by atoms with Gasteiger partial charge in [-0.15, -0.1) is 0 Å². The van der Waals surface area contributed by atoms with E-state index in [0.717, 1.165) is 5.69 Å². The molecule has 0 atom stereocenters. The van der Waals surface area contributed by atoms with Crippen molar-refractivity contribution >= 4 is 11.6 Å². The molecule has 0 aliphatic heterocycles. The first-order valence-electron chi connectivity index (χ1n) is 8.66. The maximum Gasteiger partial charge on any atom is 0.221 e. The second-order valence-electron chi connectivity index (χ2n) is 6.89. The summed E-state index contributed by atoms with van der Waals surface area (Å²) in [5.74, 6) is 0.593. The molecule has 0 bridgehead atoms. The molecular weight excluding hydrogens is 302 g/mol. The van der Waals surface area contributed by atoms with Crippen LogP contribution in [0.3, 0.4) is 0 Å². The number of hydrogen-bond donors (Lipinski definition) is 2. The zero-order valence-electron chi connectivity index (χ0n) is 14.5. The average molecular weight is 327 g/mol. The molecule has 1 heterocycles. The van der Waals surface area contributed by atoms with E-state index < -0.39 is 0 Å². The van der Waals surface area contributed by atoms with Crippen molar-refractivity contribution < 1.29 is 9.90 Å². The highest BCUT2D eigenvalue weighted by Crippen LogP contribution is 2.38. The van der Waals surface area contributed by atoms with Crippen molar-refractivity contribution in [1.82, 2.24) is 9.78 Å². The van der Waals surface area contributed by atoms with Gasteiger partial charge in [-0.25, -0.2) is 0 Å². The van der Waals surface area contributed by atoms with Crippen molar-refractivity contribution in [2.75, 3.05) is 5.32 Å². The Hall–Kier alpha value is -2.30. The maximum atomic E-state index is 11.3. The van der Waals surface area contributed by atoms with Gasteiger partial charge in [0.15, 0.2) is 0 Å². The number of aromatic nitrogens is 2. The molecule has 0 unspecified atom stereocenters. The Morgan fingerprint density at radius 2 is 2.00 bits per heavy atom. The highest BCUT2D eigenvalue weighted by atomic mass is 16.3. The summed E-state index contributed by atoms with van der Waals surface area (Å²) in [6.07, 6.45) is 4.95. The lowest BCUT2D eigenvalue weighted by molar-refractivity contribution is -0.114. The van der Waals surface area contributed by atoms with Crippen LogP contribution in [0.2, 0.25) is 0 Å². The number of carbonyl (C=O) groups is 1. The van der Waals surface area contributed by atoms with Crippen LogP contribution >= 0.6 is 0 Å². The van der Waals surface area contributed by atoms with Gasteiger partial charge in [0.1, 0.15) is 5.75 Å². The van der Waals surface area contributed by atoms with E-state index in [1.54, 1.807) is 18.2 Å². The van der Waals surface area contributed by atoms with E-state index in [1.807, 2.05) is 0 Å². The smallest absolute Gasteiger partial charge is 0.221 e. The minimum absolute atomic E-state index is 0.133. The second kappa shape index (κ2) is 6.67. The summed E-state index contributed by atoms with van der Waals surface area (Å²) in [5, 5.41) is 17.8. The summed E-state index contributed by atoms with van der Waals surface area (Å²) in [4.78, 5) is 11.3. The van der Waals surface area contributed by atoms with Gasteiger partial charge in [0.2, 0.25) is 5.91 Å². The third-order valence-electron chi connectivity index (χ3n) is 4.62. The topological polar surface area (TPSA) is 67.2 Å². The van der Waals surface area contributed by atoms with Gasteiger partial charge >= 0.3 is 0 Å². The number of aromatic hydroxyl groups is 1. The highest BCUT2D eigenvalue weighted by Gasteiger charge is 2.24. The molecule has 2 N–H and O–H groups in total. The summed E-state index contributed by atoms with van der Waals surface area (Å²) in [7, 11) is 0. The molecule has 2 aromatic rings. The molecule has 1 amide bonds. The number of anilines is 1. The van der Waals surface area contributed by atoms with Crippen molar-refractivity contribution in [1.29, 1.82) is 0 Å². The maximum absolute atomic E-state index is 11.3. The van der Waals surface area contributed by atoms with E-state index in [9.17, 15) is 9.90 Å². The predicted octanol–water partition coefficient (Wildman–Crippen LogP) is 4.45. The number of carbonyl (C=O) groups excluding carboxylic acids is 1. The van der Waals surface area contributed by atoms with Crippen LogP contribution in [0.25, 0.3) is 11.3 Å². The second-order valence-corrected chi connectivity index (χ2v) is 6.89. The normalized spacial score (nSPS) is 15.2. The first-order valence-corrected chi connectivity index (χ1v) is 8.66. The van der Waals surface area contributed by atoms with Crippen molar-refractivity contribution in [2.24, 2.45) is 0 Å². The van der Waals surface area contributed by atoms with Crippen LogP contribution < -0.4 is 5.32 Å². The quantitative estimate of drug-likeness (QED) is 0.815. The molecule has 5 heteroatoms. The predicted molar refractivity (Wildman–Crippen MR) is 95.2 cm³/mol. The van der Waals surface area contributed by atoms with Crippen molar-refractivity contribution in [3.8, 4) is 17.0 Å². The number of hydrogen-bond acceptors (Lipinski definition) is 3. The molecule has 1 aliphatic rings. The van der Waals surface area contributed by atoms with E-state index in [4.69, 9.17) is 5.10 Å². The highest BCUT2D eigenvalue weighted by molar-refractivity contribution is 5.90. The molecule has 0 saturated heterocycles. The molecule has 1 aromatic heterocycles. The number of rotatable bonds is 4. The largest absolute Gasteiger partial charge is 0.507 e. The summed E-state index contributed by atoms with van der Waals surface area (Å²) >= 11 is 0. The van der Waals surface area contributed by atoms with Crippen LogP contribution in [0.5, 0.6) is 5.75 Å². The minimum atomic E-state index is -0.133. The molecule has 0 radical (unpaired) electrons. The van der Waals surface area contributed by atoms with Crippen LogP contribution in [-0.4, -0.2) is 20.8 Å². The lowest BCUT2D eigenvalue weighted by Crippen LogP contribution is -2.09. The van der Waals surface area contributed by atoms with Gasteiger partial charge in [-0.05, 0) is 51.0 Å². The van der Waals surface area contributed by atoms with Gasteiger partial charge in [0, 0.05) is 35.8 Å². The third-order valence-corrected chi connectivity index (χ3v) is 4.62. The lowest BCUT2D eigenvalue weighted by atomic mass is 10.0. The van der Waals surface area contributed by atoms with Crippen LogP contribution in [0.1, 0.15) is 64.1 Å². The summed E-state index contributed by atoms with van der Waals surface area (Å²) in [6, 6.07) is 7.45. The number of amides is 1. The average Bonchev–Trinajstić information content (AvgIpc) is 3.16. The molecule has 24 heavy (non-hydrogen) atoms. The first-order chi connectivity index (χ1) is 11.5. The Balaban J connectivity index is 2.02. The zero-order valence-corrected chi connectivity index (χ0v) is 14.5. The number of benzene rings is 1. The summed E-state index contributed by atoms with van der Waals surface area (Å²) in [5.41, 5.74) is 3.33. The fourth-order valence-electron chi connectivity index (χ4n) is 3.50. The van der Waals surface area contributed by atoms with Crippen LogP contribution in [0, 0.1) is 0 Å². The van der Waals surface area contributed by atoms with Gasteiger partial charge in [-0.1, -0.05) is 12.8 Å². The fourth-order valence-corrected chi connectivity index (χ4v) is 3.50. The van der Waals surface area contributed by atoms with E-state index >= 15 is 0 Å². The Morgan fingerprint density at radius 1 is 1.29 bits per heavy atom. The number of nitrogens with zero attached hydrogens (tertiary/aromatic N) is 2. The first kappa shape index (κ1) is 16.6. The van der Waals surface area contributed by atoms with Crippen molar-refractivity contribution in [2.45, 2.75) is 58.4 Å². The third kappa shape index (κ3) is 3.30. The van der Waals surface area contributed by atoms with E-state index in [-0.39, 0.29) is 17.7 Å². The number of nitrogens with one attached hydrogen (secondary N) is 1. The van der Waals surface area contributed by atoms with Crippen molar-refractivity contribution in [3.05, 3.63) is 30.0 Å². The number of phenols is 1. The van der Waals surface area contributed by atoms with Gasteiger partial charge in [-0.3, -0.25) is 9.48 Å². The van der Waals surface area contributed by atoms with E-state index in [1.165, 1.54) is 38.3 Å². The van der Waals surface area contributed by atoms with Crippen LogP contribution in [0.15, 0.2) is 24.3 Å². The summed E-state index contributed by atoms with van der Waals surface area (Å²) < 4.78 is 2.08. The van der Waals surface area contributed by atoms with Crippen molar-refractivity contribution in [3.63, 3.8) is 0 Å². The molecule has 1 saturated carbocycles. The molecule has 5 nitrogen and oxygen atoms in total. The molecular formula is C19H25N3O2. The Bertz CT molecular complexity index is 743. The monoisotopic (exact) mass is 327 g/mol. The minimum Gasteiger partial charge on any atom is -0.507 e. The SMILES string of the molecule is CC(=O)Nc1ccc(O)c(-c2cc(C3CCCC3)n(C(C)C)n2)c1. The zero-order chi connectivity index (χ0) is 17.3. The Morgan fingerprint density at radius 3 is 2.62 bits per heavy atom. The standard InChI is InChI=1S/C19H25N3O2/c1-12(2)22-18(14-6-4-5-7-14)11-17(21-22)16-10-15(20-13(3)23)8-9-19(16)24/h8-12,14,24H,4-7H2,1-3H3,(H,20,23). The fraction of sp³-hybridized carbons (Fsp3) is 0.474.